The molecule has 4 heteroatoms. The molecule has 0 aliphatic heterocycles. The van der Waals surface area contributed by atoms with E-state index >= 15 is 0 Å². The first-order chi connectivity index (χ1) is 6.77. The molecular weight excluding hydrogens is 212 g/mol. The number of aromatic nitrogens is 1. The topological polar surface area (TPSA) is 38.9 Å². The number of nitrogens with zero attached hydrogens (tertiary/aromatic N) is 1. The largest absolute Gasteiger partial charge is 0.389 e. The second-order valence-corrected chi connectivity index (χ2v) is 4.23. The van der Waals surface area contributed by atoms with Gasteiger partial charge in [0, 0.05) is 11.8 Å². The van der Waals surface area contributed by atoms with E-state index in [9.17, 15) is 0 Å². The van der Waals surface area contributed by atoms with Crippen LogP contribution in [0, 0.1) is 0 Å². The minimum Gasteiger partial charge on any atom is -0.389 e. The molecule has 0 spiro atoms. The van der Waals surface area contributed by atoms with Crippen molar-refractivity contribution in [2.45, 2.75) is 0 Å². The summed E-state index contributed by atoms with van der Waals surface area (Å²) in [7, 11) is 0. The summed E-state index contributed by atoms with van der Waals surface area (Å²) in [5.74, 6) is 0. The Morgan fingerprint density at radius 2 is 2.00 bits per heavy atom. The maximum absolute atomic E-state index is 5.51. The quantitative estimate of drug-likeness (QED) is 0.790. The average molecular weight is 220 g/mol. The van der Waals surface area contributed by atoms with E-state index in [2.05, 4.69) is 4.98 Å². The molecule has 0 saturated heterocycles. The Kier molecular flexibility index (Phi) is 2.56. The third-order valence-corrected chi connectivity index (χ3v) is 3.20. The van der Waals surface area contributed by atoms with Gasteiger partial charge < -0.3 is 5.73 Å². The number of hydrogen-bond donors (Lipinski definition) is 1. The highest BCUT2D eigenvalue weighted by Crippen LogP contribution is 2.24. The number of hydrogen-bond acceptors (Lipinski definition) is 3. The van der Waals surface area contributed by atoms with E-state index in [1.165, 1.54) is 11.3 Å². The summed E-state index contributed by atoms with van der Waals surface area (Å²) in [5.41, 5.74) is 6.60. The second-order valence-electron chi connectivity index (χ2n) is 2.76. The van der Waals surface area contributed by atoms with Crippen LogP contribution in [-0.4, -0.2) is 9.97 Å². The molecule has 0 aliphatic carbocycles. The minimum atomic E-state index is 0.407. The molecule has 1 heterocycles. The van der Waals surface area contributed by atoms with Crippen molar-refractivity contribution in [1.29, 1.82) is 0 Å². The minimum absolute atomic E-state index is 0.407. The third-order valence-electron chi connectivity index (χ3n) is 1.77. The van der Waals surface area contributed by atoms with E-state index in [-0.39, 0.29) is 0 Å². The van der Waals surface area contributed by atoms with Gasteiger partial charge in [-0.15, -0.1) is 11.3 Å². The van der Waals surface area contributed by atoms with Crippen LogP contribution in [0.4, 0.5) is 0 Å². The van der Waals surface area contributed by atoms with E-state index in [4.69, 9.17) is 18.0 Å². The lowest BCUT2D eigenvalue weighted by Crippen LogP contribution is -2.06. The molecule has 0 radical (unpaired) electrons. The number of thiazole rings is 1. The summed E-state index contributed by atoms with van der Waals surface area (Å²) in [4.78, 5) is 5.53. The fraction of sp³-hybridized carbons (Fsp3) is 0. The van der Waals surface area contributed by atoms with E-state index < -0.39 is 0 Å². The monoisotopic (exact) mass is 220 g/mol. The van der Waals surface area contributed by atoms with Crippen molar-refractivity contribution in [2.75, 3.05) is 0 Å². The van der Waals surface area contributed by atoms with Gasteiger partial charge in [-0.05, 0) is 0 Å². The van der Waals surface area contributed by atoms with Gasteiger partial charge in [0.15, 0.2) is 0 Å². The van der Waals surface area contributed by atoms with E-state index in [0.717, 1.165) is 15.4 Å². The first kappa shape index (κ1) is 9.30. The lowest BCUT2D eigenvalue weighted by molar-refractivity contribution is 1.41. The molecule has 70 valence electrons. The van der Waals surface area contributed by atoms with Crippen LogP contribution >= 0.6 is 23.6 Å². The highest BCUT2D eigenvalue weighted by atomic mass is 32.1. The van der Waals surface area contributed by atoms with Crippen LogP contribution in [0.1, 0.15) is 4.88 Å². The number of thiocarbonyl (C=S) groups is 1. The molecule has 0 bridgehead atoms. The molecule has 14 heavy (non-hydrogen) atoms. The Labute approximate surface area is 91.4 Å². The zero-order valence-electron chi connectivity index (χ0n) is 7.31. The van der Waals surface area contributed by atoms with Crippen molar-refractivity contribution in [3.8, 4) is 10.6 Å². The Morgan fingerprint density at radius 3 is 2.57 bits per heavy atom. The predicted molar refractivity (Wildman–Crippen MR) is 63.4 cm³/mol. The van der Waals surface area contributed by atoms with Gasteiger partial charge in [0.05, 0.1) is 4.88 Å². The molecule has 0 saturated carbocycles. The van der Waals surface area contributed by atoms with Crippen molar-refractivity contribution in [3.05, 3.63) is 41.4 Å². The van der Waals surface area contributed by atoms with Crippen LogP contribution in [0.3, 0.4) is 0 Å². The molecule has 2 rings (SSSR count). The highest BCUT2D eigenvalue weighted by molar-refractivity contribution is 7.81. The number of benzene rings is 1. The molecule has 2 nitrogen and oxygen atoms in total. The molecule has 2 aromatic rings. The molecule has 2 N–H and O–H groups in total. The van der Waals surface area contributed by atoms with Crippen LogP contribution < -0.4 is 5.73 Å². The molecule has 0 amide bonds. The van der Waals surface area contributed by atoms with Gasteiger partial charge in [-0.25, -0.2) is 4.98 Å². The fourth-order valence-corrected chi connectivity index (χ4v) is 2.05. The molecule has 1 aromatic carbocycles. The zero-order valence-corrected chi connectivity index (χ0v) is 8.94. The first-order valence-corrected chi connectivity index (χ1v) is 5.31. The summed E-state index contributed by atoms with van der Waals surface area (Å²) < 4.78 is 0. The third kappa shape index (κ3) is 1.81. The van der Waals surface area contributed by atoms with Crippen LogP contribution in [0.5, 0.6) is 0 Å². The van der Waals surface area contributed by atoms with Gasteiger partial charge in [-0.2, -0.15) is 0 Å². The van der Waals surface area contributed by atoms with Crippen LogP contribution in [0.2, 0.25) is 0 Å². The lowest BCUT2D eigenvalue weighted by atomic mass is 10.2. The standard InChI is InChI=1S/C10H8N2S2/c11-9(13)8-6-12-10(14-8)7-4-2-1-3-5-7/h1-6H,(H2,11,13). The molecule has 0 fully saturated rings. The summed E-state index contributed by atoms with van der Waals surface area (Å²) in [6.07, 6.45) is 1.72. The summed E-state index contributed by atoms with van der Waals surface area (Å²) in [5, 5.41) is 0.952. The van der Waals surface area contributed by atoms with E-state index in [0.29, 0.717) is 4.99 Å². The van der Waals surface area contributed by atoms with Crippen molar-refractivity contribution in [1.82, 2.24) is 4.98 Å². The molecular formula is C10H8N2S2. The van der Waals surface area contributed by atoms with Gasteiger partial charge in [0.25, 0.3) is 0 Å². The van der Waals surface area contributed by atoms with Crippen molar-refractivity contribution in [3.63, 3.8) is 0 Å². The normalized spacial score (nSPS) is 10.0. The second kappa shape index (κ2) is 3.86. The number of rotatable bonds is 2. The van der Waals surface area contributed by atoms with Gasteiger partial charge in [-0.1, -0.05) is 42.5 Å². The summed E-state index contributed by atoms with van der Waals surface area (Å²) in [6.45, 7) is 0. The maximum atomic E-state index is 5.51. The lowest BCUT2D eigenvalue weighted by Gasteiger charge is -1.92. The molecule has 0 atom stereocenters. The van der Waals surface area contributed by atoms with Crippen molar-refractivity contribution >= 4 is 28.5 Å². The van der Waals surface area contributed by atoms with Gasteiger partial charge in [-0.3, -0.25) is 0 Å². The molecule has 0 unspecified atom stereocenters. The average Bonchev–Trinajstić information content (AvgIpc) is 2.68. The first-order valence-electron chi connectivity index (χ1n) is 4.08. The van der Waals surface area contributed by atoms with Gasteiger partial charge in [0.1, 0.15) is 10.00 Å². The Hall–Kier alpha value is -1.26. The summed E-state index contributed by atoms with van der Waals surface area (Å²) >= 11 is 6.39. The predicted octanol–water partition coefficient (Wildman–Crippen LogP) is 2.44. The summed E-state index contributed by atoms with van der Waals surface area (Å²) in [6, 6.07) is 9.98. The van der Waals surface area contributed by atoms with Crippen LogP contribution in [0.15, 0.2) is 36.5 Å². The van der Waals surface area contributed by atoms with Crippen molar-refractivity contribution in [2.24, 2.45) is 5.73 Å². The highest BCUT2D eigenvalue weighted by Gasteiger charge is 2.05. The van der Waals surface area contributed by atoms with Gasteiger partial charge >= 0.3 is 0 Å². The SMILES string of the molecule is NC(=S)c1cnc(-c2ccccc2)s1. The van der Waals surface area contributed by atoms with Crippen LogP contribution in [-0.2, 0) is 0 Å². The Balaban J connectivity index is 2.39. The number of nitrogens with two attached hydrogens (primary N) is 1. The van der Waals surface area contributed by atoms with E-state index in [1.54, 1.807) is 6.20 Å². The smallest absolute Gasteiger partial charge is 0.123 e. The fourth-order valence-electron chi connectivity index (χ4n) is 1.10. The Morgan fingerprint density at radius 1 is 1.29 bits per heavy atom. The zero-order chi connectivity index (χ0) is 9.97. The molecule has 0 aliphatic rings. The van der Waals surface area contributed by atoms with Crippen molar-refractivity contribution < 1.29 is 0 Å². The molecule has 1 aromatic heterocycles. The van der Waals surface area contributed by atoms with Gasteiger partial charge in [0.2, 0.25) is 0 Å². The van der Waals surface area contributed by atoms with Crippen LogP contribution in [0.25, 0.3) is 10.6 Å². The van der Waals surface area contributed by atoms with E-state index in [1.807, 2.05) is 30.3 Å². The maximum Gasteiger partial charge on any atom is 0.123 e. The Bertz CT molecular complexity index is 448.